The smallest absolute Gasteiger partial charge is 0.306 e. The van der Waals surface area contributed by atoms with E-state index in [1.54, 1.807) is 21.1 Å². The molecule has 0 spiro atoms. The molecule has 0 heterocycles. The number of carbonyl (C=O) groups excluding carboxylic acids is 3. The summed E-state index contributed by atoms with van der Waals surface area (Å²) in [6, 6.07) is -0.729. The zero-order valence-electron chi connectivity index (χ0n) is 30.0. The molecule has 0 amide bonds. The molecule has 2 atom stereocenters. The number of ether oxygens (including phenoxy) is 3. The Labute approximate surface area is 281 Å². The fourth-order valence-corrected chi connectivity index (χ4v) is 4.85. The third-order valence-electron chi connectivity index (χ3n) is 7.78. The number of quaternary nitrogens is 1. The van der Waals surface area contributed by atoms with Gasteiger partial charge in [0, 0.05) is 19.3 Å². The minimum atomic E-state index is -1.13. The Kier molecular flexibility index (Phi) is 28.3. The van der Waals surface area contributed by atoms with Gasteiger partial charge in [-0.25, -0.2) is 0 Å². The van der Waals surface area contributed by atoms with Gasteiger partial charge >= 0.3 is 11.9 Å². The Bertz CT molecular complexity index is 860. The number of allylic oxidation sites excluding steroid dienone is 6. The first-order valence-corrected chi connectivity index (χ1v) is 18.0. The summed E-state index contributed by atoms with van der Waals surface area (Å²) in [5.74, 6) is -1.79. The number of aliphatic carboxylic acids is 1. The lowest BCUT2D eigenvalue weighted by Crippen LogP contribution is -2.55. The summed E-state index contributed by atoms with van der Waals surface area (Å²) in [6.07, 6.45) is 30.3. The van der Waals surface area contributed by atoms with Crippen molar-refractivity contribution in [3.05, 3.63) is 36.5 Å². The Balaban J connectivity index is 4.52. The molecular formula is C38H67NO7. The lowest BCUT2D eigenvalue weighted by Gasteiger charge is -2.34. The molecule has 0 radical (unpaired) electrons. The summed E-state index contributed by atoms with van der Waals surface area (Å²) in [4.78, 5) is 36.5. The highest BCUT2D eigenvalue weighted by Crippen LogP contribution is 2.12. The van der Waals surface area contributed by atoms with Crippen molar-refractivity contribution >= 4 is 17.9 Å². The van der Waals surface area contributed by atoms with Crippen molar-refractivity contribution in [2.45, 2.75) is 148 Å². The van der Waals surface area contributed by atoms with Gasteiger partial charge in [0.2, 0.25) is 0 Å². The number of unbranched alkanes of at least 4 members (excludes halogenated alkanes) is 12. The van der Waals surface area contributed by atoms with E-state index in [0.717, 1.165) is 64.2 Å². The van der Waals surface area contributed by atoms with Gasteiger partial charge in [-0.1, -0.05) is 102 Å². The molecule has 0 bridgehead atoms. The molecule has 8 heteroatoms. The van der Waals surface area contributed by atoms with E-state index in [0.29, 0.717) is 6.42 Å². The number of likely N-dealkylation sites (N-methyl/N-ethyl adjacent to an activating group) is 1. The maximum atomic E-state index is 12.6. The first kappa shape index (κ1) is 43.5. The molecule has 266 valence electrons. The Hall–Kier alpha value is -2.45. The SMILES string of the molecule is CCCC/C=C/C=C/CCCCCC(=O)OC(COCCC(C(=O)[O-])[N+](C)(C)C)COC(=O)CCCCCCC/C=C/CCCC. The van der Waals surface area contributed by atoms with E-state index in [-0.39, 0.29) is 49.1 Å². The molecule has 46 heavy (non-hydrogen) atoms. The average molecular weight is 650 g/mol. The normalized spacial score (nSPS) is 13.5. The molecule has 2 unspecified atom stereocenters. The molecule has 0 aromatic heterocycles. The predicted molar refractivity (Wildman–Crippen MR) is 185 cm³/mol. The summed E-state index contributed by atoms with van der Waals surface area (Å²) in [7, 11) is 5.37. The highest BCUT2D eigenvalue weighted by molar-refractivity contribution is 5.70. The monoisotopic (exact) mass is 649 g/mol. The number of hydrogen-bond donors (Lipinski definition) is 0. The largest absolute Gasteiger partial charge is 0.544 e. The molecule has 0 saturated heterocycles. The standard InChI is InChI=1S/C38H67NO7/c1-6-8-10-12-14-16-18-20-22-24-26-28-36(40)45-33-34(32-44-31-30-35(38(42)43)39(3,4)5)46-37(41)29-27-25-23-21-19-17-15-13-11-9-7-2/h12-15,17,19,34-35H,6-11,16,18,20-33H2,1-5H3/b14-12+,15-13+,19-17+. The van der Waals surface area contributed by atoms with E-state index in [9.17, 15) is 19.5 Å². The van der Waals surface area contributed by atoms with Gasteiger partial charge in [-0.15, -0.1) is 0 Å². The Morgan fingerprint density at radius 1 is 0.652 bits per heavy atom. The zero-order valence-corrected chi connectivity index (χ0v) is 30.0. The van der Waals surface area contributed by atoms with Crippen LogP contribution in [0.2, 0.25) is 0 Å². The average Bonchev–Trinajstić information content (AvgIpc) is 3.00. The summed E-state index contributed by atoms with van der Waals surface area (Å²) in [6.45, 7) is 4.50. The van der Waals surface area contributed by atoms with Crippen molar-refractivity contribution in [1.82, 2.24) is 0 Å². The highest BCUT2D eigenvalue weighted by atomic mass is 16.6. The van der Waals surface area contributed by atoms with Crippen LogP contribution in [0.3, 0.4) is 0 Å². The molecule has 0 saturated carbocycles. The molecule has 0 aromatic rings. The second-order valence-electron chi connectivity index (χ2n) is 13.1. The van der Waals surface area contributed by atoms with E-state index < -0.39 is 18.1 Å². The minimum absolute atomic E-state index is 0.0272. The summed E-state index contributed by atoms with van der Waals surface area (Å²) in [5.41, 5.74) is 0. The molecule has 8 nitrogen and oxygen atoms in total. The number of carbonyl (C=O) groups is 3. The number of nitrogens with zero attached hydrogens (tertiary/aromatic N) is 1. The van der Waals surface area contributed by atoms with Crippen LogP contribution in [0.5, 0.6) is 0 Å². The first-order valence-electron chi connectivity index (χ1n) is 18.0. The van der Waals surface area contributed by atoms with Gasteiger partial charge in [-0.2, -0.15) is 0 Å². The van der Waals surface area contributed by atoms with E-state index in [1.165, 1.54) is 38.5 Å². The van der Waals surface area contributed by atoms with Gasteiger partial charge in [0.15, 0.2) is 6.10 Å². The van der Waals surface area contributed by atoms with Crippen molar-refractivity contribution in [3.8, 4) is 0 Å². The van der Waals surface area contributed by atoms with Gasteiger partial charge in [-0.3, -0.25) is 9.59 Å². The van der Waals surface area contributed by atoms with Gasteiger partial charge < -0.3 is 28.6 Å². The van der Waals surface area contributed by atoms with Crippen molar-refractivity contribution in [1.29, 1.82) is 0 Å². The maximum Gasteiger partial charge on any atom is 0.306 e. The molecule has 0 aliphatic rings. The van der Waals surface area contributed by atoms with E-state index in [2.05, 4.69) is 50.3 Å². The quantitative estimate of drug-likeness (QED) is 0.0254. The van der Waals surface area contributed by atoms with Crippen molar-refractivity contribution in [2.75, 3.05) is 41.0 Å². The van der Waals surface area contributed by atoms with Gasteiger partial charge in [0.05, 0.1) is 40.3 Å². The summed E-state index contributed by atoms with van der Waals surface area (Å²) >= 11 is 0. The van der Waals surface area contributed by atoms with Crippen LogP contribution in [0, 0.1) is 0 Å². The second-order valence-corrected chi connectivity index (χ2v) is 13.1. The number of carboxylic acid groups (broad SMARTS) is 1. The summed E-state index contributed by atoms with van der Waals surface area (Å²) in [5, 5.41) is 11.5. The van der Waals surface area contributed by atoms with Gasteiger partial charge in [0.1, 0.15) is 12.6 Å². The van der Waals surface area contributed by atoms with Crippen LogP contribution in [0.1, 0.15) is 136 Å². The molecule has 0 rings (SSSR count). The number of esters is 2. The second kappa shape index (κ2) is 29.9. The van der Waals surface area contributed by atoms with E-state index >= 15 is 0 Å². The number of carboxylic acids is 1. The molecule has 0 aromatic carbocycles. The first-order chi connectivity index (χ1) is 22.1. The summed E-state index contributed by atoms with van der Waals surface area (Å²) < 4.78 is 17.0. The predicted octanol–water partition coefficient (Wildman–Crippen LogP) is 7.40. The fourth-order valence-electron chi connectivity index (χ4n) is 4.85. The fraction of sp³-hybridized carbons (Fsp3) is 0.763. The van der Waals surface area contributed by atoms with Gasteiger partial charge in [0.25, 0.3) is 0 Å². The van der Waals surface area contributed by atoms with Crippen molar-refractivity contribution < 1.29 is 38.2 Å². The van der Waals surface area contributed by atoms with Crippen LogP contribution in [0.4, 0.5) is 0 Å². The molecular weight excluding hydrogens is 582 g/mol. The minimum Gasteiger partial charge on any atom is -0.544 e. The Morgan fingerprint density at radius 2 is 1.15 bits per heavy atom. The molecule has 0 aliphatic heterocycles. The third-order valence-corrected chi connectivity index (χ3v) is 7.78. The lowest BCUT2D eigenvalue weighted by atomic mass is 10.1. The van der Waals surface area contributed by atoms with Crippen molar-refractivity contribution in [2.24, 2.45) is 0 Å². The zero-order chi connectivity index (χ0) is 34.3. The topological polar surface area (TPSA) is 102 Å². The van der Waals surface area contributed by atoms with Crippen LogP contribution >= 0.6 is 0 Å². The molecule has 0 N–H and O–H groups in total. The van der Waals surface area contributed by atoms with Crippen molar-refractivity contribution in [3.63, 3.8) is 0 Å². The molecule has 0 fully saturated rings. The van der Waals surface area contributed by atoms with Crippen LogP contribution in [0.25, 0.3) is 0 Å². The third kappa shape index (κ3) is 27.8. The number of hydrogen-bond acceptors (Lipinski definition) is 7. The highest BCUT2D eigenvalue weighted by Gasteiger charge is 2.25. The van der Waals surface area contributed by atoms with E-state index in [4.69, 9.17) is 14.2 Å². The van der Waals surface area contributed by atoms with E-state index in [1.807, 2.05) is 0 Å². The van der Waals surface area contributed by atoms with Crippen LogP contribution < -0.4 is 5.11 Å². The van der Waals surface area contributed by atoms with Crippen LogP contribution in [-0.4, -0.2) is 75.5 Å². The lowest BCUT2D eigenvalue weighted by molar-refractivity contribution is -0.889. The number of rotatable bonds is 31. The Morgan fingerprint density at radius 3 is 1.74 bits per heavy atom. The van der Waals surface area contributed by atoms with Gasteiger partial charge in [-0.05, 0) is 51.4 Å². The van der Waals surface area contributed by atoms with Crippen LogP contribution in [0.15, 0.2) is 36.5 Å². The molecule has 0 aliphatic carbocycles. The maximum absolute atomic E-state index is 12.6. The van der Waals surface area contributed by atoms with Crippen LogP contribution in [-0.2, 0) is 28.6 Å².